The summed E-state index contributed by atoms with van der Waals surface area (Å²) >= 11 is 1.92. The molecule has 2 aromatic rings. The Morgan fingerprint density at radius 1 is 1.44 bits per heavy atom. The van der Waals surface area contributed by atoms with Gasteiger partial charge in [-0.25, -0.2) is 0 Å². The minimum atomic E-state index is -0.172. The van der Waals surface area contributed by atoms with Crippen LogP contribution in [0.15, 0.2) is 33.7 Å². The summed E-state index contributed by atoms with van der Waals surface area (Å²) in [6, 6.07) is 4.97. The average molecular weight is 329 g/mol. The van der Waals surface area contributed by atoms with Crippen molar-refractivity contribution in [3.05, 3.63) is 38.3 Å². The molecule has 0 fully saturated rings. The van der Waals surface area contributed by atoms with Gasteiger partial charge in [0, 0.05) is 12.6 Å². The fourth-order valence-corrected chi connectivity index (χ4v) is 1.81. The number of carbonyl (C=O) groups is 1. The molecule has 0 unspecified atom stereocenters. The molecule has 1 amide bonds. The lowest BCUT2D eigenvalue weighted by atomic mass is 10.2. The van der Waals surface area contributed by atoms with Gasteiger partial charge in [0.15, 0.2) is 0 Å². The molecule has 5 heteroatoms. The first-order valence-corrected chi connectivity index (χ1v) is 5.64. The molecule has 0 radical (unpaired) electrons. The zero-order valence-electron chi connectivity index (χ0n) is 8.41. The number of nitrogens with one attached hydrogen (secondary N) is 1. The fourth-order valence-electron chi connectivity index (χ4n) is 1.39. The molecule has 1 aromatic carbocycles. The lowest BCUT2D eigenvalue weighted by Gasteiger charge is -2.03. The lowest BCUT2D eigenvalue weighted by molar-refractivity contribution is -0.114. The SMILES string of the molecule is CC(=O)Nc1ccc2occ(I)c(=O)c2c1. The number of benzene rings is 1. The first-order chi connectivity index (χ1) is 7.58. The van der Waals surface area contributed by atoms with Gasteiger partial charge in [0.2, 0.25) is 11.3 Å². The fraction of sp³-hybridized carbons (Fsp3) is 0.0909. The van der Waals surface area contributed by atoms with Gasteiger partial charge >= 0.3 is 0 Å². The van der Waals surface area contributed by atoms with Crippen LogP contribution < -0.4 is 10.7 Å². The third-order valence-corrected chi connectivity index (χ3v) is 2.79. The Balaban J connectivity index is 2.64. The van der Waals surface area contributed by atoms with Gasteiger partial charge in [-0.15, -0.1) is 0 Å². The van der Waals surface area contributed by atoms with Crippen LogP contribution in [0.4, 0.5) is 5.69 Å². The lowest BCUT2D eigenvalue weighted by Crippen LogP contribution is -2.08. The summed E-state index contributed by atoms with van der Waals surface area (Å²) < 4.78 is 5.78. The summed E-state index contributed by atoms with van der Waals surface area (Å²) in [7, 11) is 0. The quantitative estimate of drug-likeness (QED) is 0.817. The number of hydrogen-bond acceptors (Lipinski definition) is 3. The van der Waals surface area contributed by atoms with Crippen molar-refractivity contribution < 1.29 is 9.21 Å². The third kappa shape index (κ3) is 2.08. The van der Waals surface area contributed by atoms with E-state index in [-0.39, 0.29) is 11.3 Å². The van der Waals surface area contributed by atoms with E-state index >= 15 is 0 Å². The van der Waals surface area contributed by atoms with Crippen LogP contribution in [-0.2, 0) is 4.79 Å². The molecule has 0 saturated heterocycles. The Kier molecular flexibility index (Phi) is 2.95. The number of hydrogen-bond donors (Lipinski definition) is 1. The van der Waals surface area contributed by atoms with Gasteiger partial charge in [-0.3, -0.25) is 9.59 Å². The van der Waals surface area contributed by atoms with Crippen LogP contribution >= 0.6 is 22.6 Å². The van der Waals surface area contributed by atoms with Crippen molar-refractivity contribution in [3.8, 4) is 0 Å². The van der Waals surface area contributed by atoms with Gasteiger partial charge in [0.05, 0.1) is 8.96 Å². The zero-order chi connectivity index (χ0) is 11.7. The van der Waals surface area contributed by atoms with Crippen LogP contribution in [-0.4, -0.2) is 5.91 Å². The van der Waals surface area contributed by atoms with Gasteiger partial charge in [0.25, 0.3) is 0 Å². The Labute approximate surface area is 105 Å². The number of halogens is 1. The van der Waals surface area contributed by atoms with E-state index in [0.717, 1.165) is 0 Å². The molecular weight excluding hydrogens is 321 g/mol. The average Bonchev–Trinajstić information content (AvgIpc) is 2.23. The van der Waals surface area contributed by atoms with E-state index in [2.05, 4.69) is 5.32 Å². The molecule has 0 aliphatic carbocycles. The van der Waals surface area contributed by atoms with Crippen LogP contribution in [0.1, 0.15) is 6.92 Å². The summed E-state index contributed by atoms with van der Waals surface area (Å²) in [6.07, 6.45) is 1.42. The highest BCUT2D eigenvalue weighted by Crippen LogP contribution is 2.17. The Morgan fingerprint density at radius 2 is 2.19 bits per heavy atom. The highest BCUT2D eigenvalue weighted by Gasteiger charge is 2.06. The van der Waals surface area contributed by atoms with E-state index in [4.69, 9.17) is 4.42 Å². The standard InChI is InChI=1S/C11H8INO3/c1-6(14)13-7-2-3-10-8(4-7)11(15)9(12)5-16-10/h2-5H,1H3,(H,13,14). The smallest absolute Gasteiger partial charge is 0.221 e. The molecule has 0 spiro atoms. The molecule has 0 aliphatic rings. The second kappa shape index (κ2) is 4.25. The molecule has 1 heterocycles. The second-order valence-corrected chi connectivity index (χ2v) is 4.47. The first kappa shape index (κ1) is 11.1. The predicted molar refractivity (Wildman–Crippen MR) is 69.5 cm³/mol. The van der Waals surface area contributed by atoms with Crippen molar-refractivity contribution in [2.45, 2.75) is 6.92 Å². The number of anilines is 1. The molecule has 4 nitrogen and oxygen atoms in total. The Morgan fingerprint density at radius 3 is 2.88 bits per heavy atom. The summed E-state index contributed by atoms with van der Waals surface area (Å²) in [5, 5.41) is 3.09. The van der Waals surface area contributed by atoms with Crippen molar-refractivity contribution in [1.82, 2.24) is 0 Å². The summed E-state index contributed by atoms with van der Waals surface area (Å²) in [5.41, 5.74) is 1.02. The highest BCUT2D eigenvalue weighted by atomic mass is 127. The Hall–Kier alpha value is -1.37. The van der Waals surface area contributed by atoms with Gasteiger partial charge in [-0.1, -0.05) is 0 Å². The van der Waals surface area contributed by atoms with Crippen molar-refractivity contribution >= 4 is 45.2 Å². The first-order valence-electron chi connectivity index (χ1n) is 4.56. The zero-order valence-corrected chi connectivity index (χ0v) is 10.6. The number of carbonyl (C=O) groups excluding carboxylic acids is 1. The van der Waals surface area contributed by atoms with E-state index in [1.807, 2.05) is 22.6 Å². The minimum Gasteiger partial charge on any atom is -0.463 e. The van der Waals surface area contributed by atoms with Gasteiger partial charge in [-0.05, 0) is 40.8 Å². The largest absolute Gasteiger partial charge is 0.463 e. The van der Waals surface area contributed by atoms with E-state index in [9.17, 15) is 9.59 Å². The van der Waals surface area contributed by atoms with Crippen LogP contribution in [0, 0.1) is 3.57 Å². The van der Waals surface area contributed by atoms with Gasteiger partial charge in [-0.2, -0.15) is 0 Å². The molecule has 82 valence electrons. The van der Waals surface area contributed by atoms with Crippen molar-refractivity contribution in [3.63, 3.8) is 0 Å². The maximum Gasteiger partial charge on any atom is 0.221 e. The molecule has 0 bridgehead atoms. The topological polar surface area (TPSA) is 59.3 Å². The molecule has 0 aliphatic heterocycles. The second-order valence-electron chi connectivity index (χ2n) is 3.30. The molecular formula is C11H8INO3. The summed E-state index contributed by atoms with van der Waals surface area (Å²) in [4.78, 5) is 22.7. The van der Waals surface area contributed by atoms with E-state index in [1.54, 1.807) is 18.2 Å². The molecule has 2 rings (SSSR count). The predicted octanol–water partition coefficient (Wildman–Crippen LogP) is 2.36. The molecule has 0 atom stereocenters. The van der Waals surface area contributed by atoms with E-state index < -0.39 is 0 Å². The maximum absolute atomic E-state index is 11.8. The minimum absolute atomic E-state index is 0.0888. The molecule has 1 aromatic heterocycles. The molecule has 16 heavy (non-hydrogen) atoms. The Bertz CT molecular complexity index is 618. The van der Waals surface area contributed by atoms with Gasteiger partial charge < -0.3 is 9.73 Å². The van der Waals surface area contributed by atoms with Crippen molar-refractivity contribution in [2.24, 2.45) is 0 Å². The molecule has 0 saturated carbocycles. The summed E-state index contributed by atoms with van der Waals surface area (Å²) in [6.45, 7) is 1.42. The number of amides is 1. The van der Waals surface area contributed by atoms with Crippen LogP contribution in [0.25, 0.3) is 11.0 Å². The number of fused-ring (bicyclic) bond motifs is 1. The summed E-state index contributed by atoms with van der Waals surface area (Å²) in [5.74, 6) is -0.172. The molecule has 1 N–H and O–H groups in total. The highest BCUT2D eigenvalue weighted by molar-refractivity contribution is 14.1. The van der Waals surface area contributed by atoms with E-state index in [1.165, 1.54) is 13.2 Å². The van der Waals surface area contributed by atoms with Gasteiger partial charge in [0.1, 0.15) is 11.8 Å². The van der Waals surface area contributed by atoms with Crippen LogP contribution in [0.3, 0.4) is 0 Å². The van der Waals surface area contributed by atoms with Crippen LogP contribution in [0.5, 0.6) is 0 Å². The third-order valence-electron chi connectivity index (χ3n) is 2.05. The monoisotopic (exact) mass is 329 g/mol. The van der Waals surface area contributed by atoms with E-state index in [0.29, 0.717) is 20.2 Å². The van der Waals surface area contributed by atoms with Crippen molar-refractivity contribution in [2.75, 3.05) is 5.32 Å². The van der Waals surface area contributed by atoms with Crippen LogP contribution in [0.2, 0.25) is 0 Å². The normalized spacial score (nSPS) is 10.4. The van der Waals surface area contributed by atoms with Crippen molar-refractivity contribution in [1.29, 1.82) is 0 Å². The maximum atomic E-state index is 11.8. The number of rotatable bonds is 1.